The highest BCUT2D eigenvalue weighted by Gasteiger charge is 2.23. The fraction of sp³-hybridized carbons (Fsp3) is 0.526. The molecule has 0 amide bonds. The van der Waals surface area contributed by atoms with E-state index in [1.807, 2.05) is 34.6 Å². The average Bonchev–Trinajstić information content (AvgIpc) is 2.77. The first-order chi connectivity index (χ1) is 16.3. The van der Waals surface area contributed by atoms with Crippen LogP contribution in [0.2, 0.25) is 15.2 Å². The molecule has 2 aromatic rings. The molecule has 2 rings (SSSR count). The van der Waals surface area contributed by atoms with Gasteiger partial charge in [-0.15, -0.1) is 0 Å². The van der Waals surface area contributed by atoms with Crippen molar-refractivity contribution in [1.29, 1.82) is 0 Å². The van der Waals surface area contributed by atoms with Crippen LogP contribution in [-0.2, 0) is 41.7 Å². The van der Waals surface area contributed by atoms with E-state index in [1.165, 1.54) is 20.3 Å². The molecule has 0 aromatic carbocycles. The normalized spacial score (nSPS) is 11.7. The standard InChI is InChI=1S/C12H21N2O3PS.C7H7Cl3NO3PS/c1-6-15-18(19,16-7-2)17-11-8-10(5)13-12(14-11)9(3)4;1-12-15(16,13-2)14-7-5(9)3-4(8)6(10)11-7/h8-9H,6-7H2,1-5H3;3H,1-2H3. The molecule has 0 aliphatic heterocycles. The Morgan fingerprint density at radius 1 is 0.857 bits per heavy atom. The predicted octanol–water partition coefficient (Wildman–Crippen LogP) is 7.52. The van der Waals surface area contributed by atoms with Crippen LogP contribution in [0.15, 0.2) is 12.1 Å². The number of hydrogen-bond acceptors (Lipinski definition) is 11. The molecule has 16 heteroatoms. The van der Waals surface area contributed by atoms with Gasteiger partial charge in [-0.25, -0.2) is 4.98 Å². The highest BCUT2D eigenvalue weighted by Crippen LogP contribution is 2.50. The highest BCUT2D eigenvalue weighted by atomic mass is 35.5. The quantitative estimate of drug-likeness (QED) is 0.183. The maximum absolute atomic E-state index is 5.85. The van der Waals surface area contributed by atoms with Gasteiger partial charge in [0.05, 0.1) is 18.2 Å². The first-order valence-corrected chi connectivity index (χ1v) is 16.4. The molecule has 2 heterocycles. The summed E-state index contributed by atoms with van der Waals surface area (Å²) in [7, 11) is 2.74. The van der Waals surface area contributed by atoms with Crippen molar-refractivity contribution in [3.8, 4) is 11.8 Å². The van der Waals surface area contributed by atoms with E-state index in [2.05, 4.69) is 15.0 Å². The molecule has 35 heavy (non-hydrogen) atoms. The Kier molecular flexibility index (Phi) is 14.4. The van der Waals surface area contributed by atoms with Crippen molar-refractivity contribution in [2.45, 2.75) is 40.5 Å². The van der Waals surface area contributed by atoms with Gasteiger partial charge in [0, 0.05) is 55.5 Å². The van der Waals surface area contributed by atoms with Crippen LogP contribution in [0.1, 0.15) is 45.1 Å². The third kappa shape index (κ3) is 11.0. The number of pyridine rings is 1. The minimum atomic E-state index is -2.88. The zero-order chi connectivity index (χ0) is 26.8. The Balaban J connectivity index is 0.000000355. The van der Waals surface area contributed by atoms with E-state index >= 15 is 0 Å². The molecule has 0 radical (unpaired) electrons. The third-order valence-electron chi connectivity index (χ3n) is 3.64. The highest BCUT2D eigenvalue weighted by molar-refractivity contribution is 8.08. The van der Waals surface area contributed by atoms with Gasteiger partial charge >= 0.3 is 13.4 Å². The van der Waals surface area contributed by atoms with Crippen LogP contribution in [0.4, 0.5) is 0 Å². The molecule has 0 saturated heterocycles. The van der Waals surface area contributed by atoms with Crippen molar-refractivity contribution in [1.82, 2.24) is 15.0 Å². The zero-order valence-electron chi connectivity index (χ0n) is 20.3. The van der Waals surface area contributed by atoms with Crippen molar-refractivity contribution in [2.24, 2.45) is 0 Å². The topological polar surface area (TPSA) is 94.1 Å². The van der Waals surface area contributed by atoms with Gasteiger partial charge in [0.2, 0.25) is 11.8 Å². The van der Waals surface area contributed by atoms with Crippen molar-refractivity contribution >= 4 is 71.9 Å². The SMILES string of the molecule is CCOP(=S)(OCC)Oc1cc(C)nc(C(C)C)n1.COP(=S)(OC)Oc1nc(Cl)c(Cl)cc1Cl. The fourth-order valence-corrected chi connectivity index (χ4v) is 5.57. The summed E-state index contributed by atoms with van der Waals surface area (Å²) in [4.78, 5) is 12.5. The molecule has 0 aliphatic carbocycles. The molecule has 0 N–H and O–H groups in total. The van der Waals surface area contributed by atoms with Gasteiger partial charge in [0.15, 0.2) is 5.15 Å². The lowest BCUT2D eigenvalue weighted by Gasteiger charge is -2.20. The van der Waals surface area contributed by atoms with Crippen LogP contribution in [-0.4, -0.2) is 42.4 Å². The zero-order valence-corrected chi connectivity index (χ0v) is 26.0. The molecule has 0 bridgehead atoms. The Morgan fingerprint density at radius 2 is 1.43 bits per heavy atom. The molecular weight excluding hydrogens is 599 g/mol. The largest absolute Gasteiger partial charge is 0.406 e. The number of nitrogens with zero attached hydrogens (tertiary/aromatic N) is 3. The summed E-state index contributed by atoms with van der Waals surface area (Å²) < 4.78 is 31.7. The van der Waals surface area contributed by atoms with Crippen LogP contribution >= 0.6 is 48.2 Å². The molecule has 0 aliphatic rings. The average molecular weight is 627 g/mol. The summed E-state index contributed by atoms with van der Waals surface area (Å²) in [6.07, 6.45) is 0. The van der Waals surface area contributed by atoms with E-state index in [0.29, 0.717) is 19.1 Å². The summed E-state index contributed by atoms with van der Waals surface area (Å²) >= 11 is 27.6. The Bertz CT molecular complexity index is 1070. The van der Waals surface area contributed by atoms with Gasteiger partial charge in [-0.3, -0.25) is 9.05 Å². The van der Waals surface area contributed by atoms with Crippen LogP contribution < -0.4 is 9.05 Å². The van der Waals surface area contributed by atoms with Crippen LogP contribution in [0.25, 0.3) is 0 Å². The second-order valence-corrected chi connectivity index (χ2v) is 13.9. The molecule has 9 nitrogen and oxygen atoms in total. The molecule has 198 valence electrons. The van der Waals surface area contributed by atoms with Gasteiger partial charge < -0.3 is 18.1 Å². The molecule has 0 fully saturated rings. The van der Waals surface area contributed by atoms with Crippen molar-refractivity contribution in [3.63, 3.8) is 0 Å². The van der Waals surface area contributed by atoms with Gasteiger partial charge in [0.25, 0.3) is 0 Å². The molecule has 2 aromatic heterocycles. The predicted molar refractivity (Wildman–Crippen MR) is 147 cm³/mol. The number of hydrogen-bond donors (Lipinski definition) is 0. The maximum atomic E-state index is 5.85. The van der Waals surface area contributed by atoms with Crippen LogP contribution in [0.5, 0.6) is 11.8 Å². The lowest BCUT2D eigenvalue weighted by atomic mass is 10.2. The minimum Gasteiger partial charge on any atom is -0.406 e. The van der Waals surface area contributed by atoms with E-state index in [-0.39, 0.29) is 27.0 Å². The molecule has 0 spiro atoms. The summed E-state index contributed by atoms with van der Waals surface area (Å²) in [6.45, 7) is 4.90. The second-order valence-electron chi connectivity index (χ2n) is 6.69. The number of aromatic nitrogens is 3. The van der Waals surface area contributed by atoms with Crippen molar-refractivity contribution in [3.05, 3.63) is 38.8 Å². The Labute approximate surface area is 231 Å². The Hall–Kier alpha value is -0.160. The molecule has 0 unspecified atom stereocenters. The maximum Gasteiger partial charge on any atom is 0.381 e. The smallest absolute Gasteiger partial charge is 0.381 e. The van der Waals surface area contributed by atoms with Crippen molar-refractivity contribution < 1.29 is 27.1 Å². The van der Waals surface area contributed by atoms with E-state index in [0.717, 1.165) is 11.5 Å². The van der Waals surface area contributed by atoms with Crippen LogP contribution in [0, 0.1) is 6.92 Å². The van der Waals surface area contributed by atoms with Crippen molar-refractivity contribution in [2.75, 3.05) is 27.4 Å². The Morgan fingerprint density at radius 3 is 1.91 bits per heavy atom. The van der Waals surface area contributed by atoms with E-state index < -0.39 is 13.4 Å². The first kappa shape index (κ1) is 32.9. The fourth-order valence-electron chi connectivity index (χ4n) is 2.14. The number of halogens is 3. The van der Waals surface area contributed by atoms with Crippen LogP contribution in [0.3, 0.4) is 0 Å². The number of rotatable bonds is 11. The van der Waals surface area contributed by atoms with Gasteiger partial charge in [-0.05, 0) is 26.8 Å². The van der Waals surface area contributed by atoms with E-state index in [4.69, 9.17) is 85.6 Å². The monoisotopic (exact) mass is 625 g/mol. The van der Waals surface area contributed by atoms with Gasteiger partial charge in [-0.2, -0.15) is 9.97 Å². The summed E-state index contributed by atoms with van der Waals surface area (Å²) in [5.74, 6) is 1.40. The summed E-state index contributed by atoms with van der Waals surface area (Å²) in [5.41, 5.74) is 0.836. The number of aryl methyl sites for hydroxylation is 1. The molecule has 0 atom stereocenters. The molecular formula is C19H28Cl3N3O6P2S2. The first-order valence-electron chi connectivity index (χ1n) is 10.2. The minimum absolute atomic E-state index is 0.0306. The van der Waals surface area contributed by atoms with E-state index in [1.54, 1.807) is 6.07 Å². The summed E-state index contributed by atoms with van der Waals surface area (Å²) in [5, 5.41) is 0.467. The van der Waals surface area contributed by atoms with E-state index in [9.17, 15) is 0 Å². The summed E-state index contributed by atoms with van der Waals surface area (Å²) in [6, 6.07) is 3.14. The lowest BCUT2D eigenvalue weighted by Crippen LogP contribution is -2.06. The third-order valence-corrected chi connectivity index (χ3v) is 9.41. The second kappa shape index (κ2) is 15.3. The van der Waals surface area contributed by atoms with Gasteiger partial charge in [-0.1, -0.05) is 48.7 Å². The lowest BCUT2D eigenvalue weighted by molar-refractivity contribution is 0.215. The molecule has 0 saturated carbocycles. The van der Waals surface area contributed by atoms with Gasteiger partial charge in [0.1, 0.15) is 10.8 Å².